The third-order valence-corrected chi connectivity index (χ3v) is 3.56. The maximum absolute atomic E-state index is 11.9. The maximum atomic E-state index is 11.9. The van der Waals surface area contributed by atoms with E-state index >= 15 is 0 Å². The predicted molar refractivity (Wildman–Crippen MR) is 73.6 cm³/mol. The molecule has 1 rings (SSSR count). The van der Waals surface area contributed by atoms with Crippen molar-refractivity contribution >= 4 is 10.0 Å². The number of nitrogens with one attached hydrogen (secondary N) is 1. The van der Waals surface area contributed by atoms with Crippen LogP contribution >= 0.6 is 0 Å². The zero-order valence-electron chi connectivity index (χ0n) is 11.2. The van der Waals surface area contributed by atoms with Crippen molar-refractivity contribution in [3.8, 4) is 11.8 Å². The van der Waals surface area contributed by atoms with Gasteiger partial charge in [0, 0.05) is 5.41 Å². The maximum Gasteiger partial charge on any atom is 0.241 e. The highest BCUT2D eigenvalue weighted by molar-refractivity contribution is 7.89. The summed E-state index contributed by atoms with van der Waals surface area (Å²) in [5, 5.41) is 0. The second kappa shape index (κ2) is 5.55. The highest BCUT2D eigenvalue weighted by Crippen LogP contribution is 2.10. The van der Waals surface area contributed by atoms with Gasteiger partial charge in [0.1, 0.15) is 0 Å². The summed E-state index contributed by atoms with van der Waals surface area (Å²) in [7, 11) is -3.45. The summed E-state index contributed by atoms with van der Waals surface area (Å²) in [6.45, 7) is 7.99. The summed E-state index contributed by atoms with van der Waals surface area (Å²) in [4.78, 5) is 0.269. The highest BCUT2D eigenvalue weighted by atomic mass is 32.2. The van der Waals surface area contributed by atoms with Crippen molar-refractivity contribution < 1.29 is 8.42 Å². The summed E-state index contributed by atoms with van der Waals surface area (Å²) in [5.41, 5.74) is 0.913. The molecule has 0 atom stereocenters. The number of rotatable bonds is 3. The van der Waals surface area contributed by atoms with Gasteiger partial charge < -0.3 is 0 Å². The van der Waals surface area contributed by atoms with Crippen LogP contribution in [-0.4, -0.2) is 15.0 Å². The summed E-state index contributed by atoms with van der Waals surface area (Å²) >= 11 is 0. The van der Waals surface area contributed by atoms with E-state index in [9.17, 15) is 8.42 Å². The van der Waals surface area contributed by atoms with Crippen LogP contribution in [0.15, 0.2) is 29.2 Å². The van der Waals surface area contributed by atoms with Gasteiger partial charge in [-0.2, -0.15) is 4.72 Å². The number of benzene rings is 1. The summed E-state index contributed by atoms with van der Waals surface area (Å²) in [6, 6.07) is 6.73. The number of hydrogen-bond donors (Lipinski definition) is 1. The average molecular weight is 265 g/mol. The van der Waals surface area contributed by atoms with Crippen LogP contribution in [0.25, 0.3) is 0 Å². The zero-order chi connectivity index (χ0) is 13.8. The molecule has 0 unspecified atom stereocenters. The molecule has 0 amide bonds. The number of aryl methyl sites for hydroxylation is 1. The Balaban J connectivity index is 2.71. The van der Waals surface area contributed by atoms with Crippen molar-refractivity contribution in [1.29, 1.82) is 0 Å². The van der Waals surface area contributed by atoms with Gasteiger partial charge in [-0.05, 0) is 39.8 Å². The quantitative estimate of drug-likeness (QED) is 0.853. The Labute approximate surface area is 110 Å². The van der Waals surface area contributed by atoms with Crippen molar-refractivity contribution in [2.24, 2.45) is 5.41 Å². The average Bonchev–Trinajstić information content (AvgIpc) is 2.24. The molecule has 0 saturated heterocycles. The number of sulfonamides is 1. The molecule has 0 radical (unpaired) electrons. The SMILES string of the molecule is Cc1ccc(S(=O)(=O)NCC#CC(C)(C)C)cc1. The predicted octanol–water partition coefficient (Wildman–Crippen LogP) is 2.32. The minimum atomic E-state index is -3.45. The molecule has 0 spiro atoms. The van der Waals surface area contributed by atoms with E-state index in [0.29, 0.717) is 0 Å². The van der Waals surface area contributed by atoms with Gasteiger partial charge in [0.25, 0.3) is 0 Å². The summed E-state index contributed by atoms with van der Waals surface area (Å²) in [5.74, 6) is 5.80. The van der Waals surface area contributed by atoms with Crippen LogP contribution in [0.3, 0.4) is 0 Å². The van der Waals surface area contributed by atoms with Gasteiger partial charge >= 0.3 is 0 Å². The third kappa shape index (κ3) is 4.91. The standard InChI is InChI=1S/C14H19NO2S/c1-12-6-8-13(9-7-12)18(16,17)15-11-5-10-14(2,3)4/h6-9,15H,11H2,1-4H3. The van der Waals surface area contributed by atoms with Gasteiger partial charge in [-0.1, -0.05) is 29.5 Å². The van der Waals surface area contributed by atoms with Crippen molar-refractivity contribution in [2.45, 2.75) is 32.6 Å². The molecule has 1 aromatic rings. The van der Waals surface area contributed by atoms with E-state index in [1.807, 2.05) is 27.7 Å². The van der Waals surface area contributed by atoms with Crippen molar-refractivity contribution in [3.05, 3.63) is 29.8 Å². The Bertz CT molecular complexity index is 555. The van der Waals surface area contributed by atoms with Crippen molar-refractivity contribution in [2.75, 3.05) is 6.54 Å². The molecule has 1 aromatic carbocycles. The first-order chi connectivity index (χ1) is 8.21. The fourth-order valence-corrected chi connectivity index (χ4v) is 2.16. The van der Waals surface area contributed by atoms with E-state index in [4.69, 9.17) is 0 Å². The third-order valence-electron chi connectivity index (χ3n) is 2.15. The fourth-order valence-electron chi connectivity index (χ4n) is 1.24. The van der Waals surface area contributed by atoms with Crippen molar-refractivity contribution in [1.82, 2.24) is 4.72 Å². The van der Waals surface area contributed by atoms with Crippen LogP contribution < -0.4 is 4.72 Å². The van der Waals surface area contributed by atoms with Crippen LogP contribution in [0.5, 0.6) is 0 Å². The monoisotopic (exact) mass is 265 g/mol. The fraction of sp³-hybridized carbons (Fsp3) is 0.429. The van der Waals surface area contributed by atoms with Crippen molar-refractivity contribution in [3.63, 3.8) is 0 Å². The largest absolute Gasteiger partial charge is 0.241 e. The molecule has 1 N–H and O–H groups in total. The minimum Gasteiger partial charge on any atom is -0.207 e. The lowest BCUT2D eigenvalue weighted by molar-refractivity contribution is 0.569. The first-order valence-electron chi connectivity index (χ1n) is 5.77. The Morgan fingerprint density at radius 2 is 1.72 bits per heavy atom. The molecule has 3 nitrogen and oxygen atoms in total. The van der Waals surface area contributed by atoms with Gasteiger partial charge in [-0.15, -0.1) is 0 Å². The van der Waals surface area contributed by atoms with Crippen LogP contribution in [0.4, 0.5) is 0 Å². The van der Waals surface area contributed by atoms with Gasteiger partial charge in [0.05, 0.1) is 11.4 Å². The van der Waals surface area contributed by atoms with Crippen LogP contribution in [0.2, 0.25) is 0 Å². The van der Waals surface area contributed by atoms with Gasteiger partial charge in [-0.25, -0.2) is 8.42 Å². The topological polar surface area (TPSA) is 46.2 Å². The van der Waals surface area contributed by atoms with E-state index in [2.05, 4.69) is 16.6 Å². The molecule has 0 aliphatic carbocycles. The van der Waals surface area contributed by atoms with E-state index in [-0.39, 0.29) is 16.9 Å². The second-order valence-corrected chi connectivity index (χ2v) is 6.96. The van der Waals surface area contributed by atoms with Gasteiger partial charge in [0.2, 0.25) is 10.0 Å². The molecule has 0 saturated carbocycles. The molecular weight excluding hydrogens is 246 g/mol. The lowest BCUT2D eigenvalue weighted by Crippen LogP contribution is -2.24. The summed E-state index contributed by atoms with van der Waals surface area (Å²) < 4.78 is 26.2. The normalized spacial score (nSPS) is 11.8. The molecule has 0 heterocycles. The molecule has 0 fully saturated rings. The molecule has 0 aliphatic heterocycles. The zero-order valence-corrected chi connectivity index (χ0v) is 12.1. The van der Waals surface area contributed by atoms with Crippen LogP contribution in [0, 0.1) is 24.2 Å². The first kappa shape index (κ1) is 14.7. The molecule has 18 heavy (non-hydrogen) atoms. The molecule has 0 bridgehead atoms. The Morgan fingerprint density at radius 1 is 1.17 bits per heavy atom. The van der Waals surface area contributed by atoms with E-state index in [0.717, 1.165) is 5.56 Å². The smallest absolute Gasteiger partial charge is 0.207 e. The lowest BCUT2D eigenvalue weighted by Gasteiger charge is -2.07. The van der Waals surface area contributed by atoms with E-state index < -0.39 is 10.0 Å². The molecule has 0 aromatic heterocycles. The molecule has 0 aliphatic rings. The molecule has 4 heteroatoms. The molecule has 98 valence electrons. The van der Waals surface area contributed by atoms with Gasteiger partial charge in [0.15, 0.2) is 0 Å². The first-order valence-corrected chi connectivity index (χ1v) is 7.25. The van der Waals surface area contributed by atoms with Gasteiger partial charge in [-0.3, -0.25) is 0 Å². The van der Waals surface area contributed by atoms with E-state index in [1.54, 1.807) is 24.3 Å². The Kier molecular flexibility index (Phi) is 4.55. The van der Waals surface area contributed by atoms with E-state index in [1.165, 1.54) is 0 Å². The number of hydrogen-bond acceptors (Lipinski definition) is 2. The lowest BCUT2D eigenvalue weighted by atomic mass is 9.98. The Hall–Kier alpha value is -1.31. The second-order valence-electron chi connectivity index (χ2n) is 5.19. The Morgan fingerprint density at radius 3 is 2.22 bits per heavy atom. The summed E-state index contributed by atoms with van der Waals surface area (Å²) in [6.07, 6.45) is 0. The highest BCUT2D eigenvalue weighted by Gasteiger charge is 2.12. The molecular formula is C14H19NO2S. The van der Waals surface area contributed by atoms with Crippen LogP contribution in [-0.2, 0) is 10.0 Å². The minimum absolute atomic E-state index is 0.116. The van der Waals surface area contributed by atoms with Crippen LogP contribution in [0.1, 0.15) is 26.3 Å².